The van der Waals surface area contributed by atoms with Crippen molar-refractivity contribution < 1.29 is 27.2 Å². The van der Waals surface area contributed by atoms with Crippen LogP contribution >= 0.6 is 0 Å². The molecule has 2 fully saturated rings. The molecule has 0 N–H and O–H groups in total. The number of rotatable bonds is 5. The summed E-state index contributed by atoms with van der Waals surface area (Å²) in [6, 6.07) is 6.43. The first kappa shape index (κ1) is 20.6. The van der Waals surface area contributed by atoms with Crippen molar-refractivity contribution >= 4 is 21.6 Å². The van der Waals surface area contributed by atoms with Crippen molar-refractivity contribution in [1.29, 1.82) is 0 Å². The van der Waals surface area contributed by atoms with Gasteiger partial charge in [-0.1, -0.05) is 5.16 Å². The Morgan fingerprint density at radius 2 is 1.80 bits per heavy atom. The van der Waals surface area contributed by atoms with Crippen LogP contribution in [0.1, 0.15) is 10.6 Å². The predicted molar refractivity (Wildman–Crippen MR) is 107 cm³/mol. The zero-order valence-corrected chi connectivity index (χ0v) is 17.5. The van der Waals surface area contributed by atoms with Gasteiger partial charge in [0.25, 0.3) is 5.91 Å². The zero-order chi connectivity index (χ0) is 21.1. The minimum absolute atomic E-state index is 0.206. The fourth-order valence-electron chi connectivity index (χ4n) is 3.65. The van der Waals surface area contributed by atoms with E-state index in [9.17, 15) is 13.2 Å². The number of carbonyl (C=O) groups excluding carboxylic acids is 1. The standard InChI is InChI=1S/C19H24N4O6S/c1-27-17-3-2-15(30(25,26)23-10-12-28-13-11-23)14-16(17)21-6-8-22(9-7-21)19(24)18-4-5-20-29-18/h2-5,14H,6-13H2,1H3. The number of anilines is 1. The van der Waals surface area contributed by atoms with Crippen LogP contribution in [0.5, 0.6) is 5.75 Å². The molecule has 30 heavy (non-hydrogen) atoms. The number of amides is 1. The van der Waals surface area contributed by atoms with Crippen LogP contribution in [0.15, 0.2) is 39.9 Å². The number of sulfonamides is 1. The van der Waals surface area contributed by atoms with Crippen molar-refractivity contribution in [1.82, 2.24) is 14.4 Å². The summed E-state index contributed by atoms with van der Waals surface area (Å²) >= 11 is 0. The Morgan fingerprint density at radius 3 is 2.43 bits per heavy atom. The second-order valence-electron chi connectivity index (χ2n) is 7.01. The van der Waals surface area contributed by atoms with Gasteiger partial charge in [-0.05, 0) is 18.2 Å². The molecule has 1 aromatic heterocycles. The van der Waals surface area contributed by atoms with Crippen molar-refractivity contribution in [3.8, 4) is 5.75 Å². The van der Waals surface area contributed by atoms with Gasteiger partial charge in [-0.25, -0.2) is 8.42 Å². The quantitative estimate of drug-likeness (QED) is 0.673. The van der Waals surface area contributed by atoms with Crippen LogP contribution in [0.2, 0.25) is 0 Å². The molecule has 1 amide bonds. The SMILES string of the molecule is COc1ccc(S(=O)(=O)N2CCOCC2)cc1N1CCN(C(=O)c2ccno2)CC1. The number of morpholine rings is 1. The minimum atomic E-state index is -3.61. The number of carbonyl (C=O) groups is 1. The summed E-state index contributed by atoms with van der Waals surface area (Å²) in [5.74, 6) is 0.591. The van der Waals surface area contributed by atoms with Crippen molar-refractivity contribution in [2.24, 2.45) is 0 Å². The van der Waals surface area contributed by atoms with Crippen LogP contribution in [-0.2, 0) is 14.8 Å². The monoisotopic (exact) mass is 436 g/mol. The molecular formula is C19H24N4O6S. The number of piperazine rings is 1. The van der Waals surface area contributed by atoms with Gasteiger partial charge >= 0.3 is 0 Å². The molecule has 2 saturated heterocycles. The van der Waals surface area contributed by atoms with Crippen LogP contribution in [0.25, 0.3) is 0 Å². The third-order valence-electron chi connectivity index (χ3n) is 5.31. The lowest BCUT2D eigenvalue weighted by Crippen LogP contribution is -2.49. The van der Waals surface area contributed by atoms with Gasteiger partial charge in [0.2, 0.25) is 15.8 Å². The van der Waals surface area contributed by atoms with Gasteiger partial charge in [-0.2, -0.15) is 4.31 Å². The maximum atomic E-state index is 13.0. The third kappa shape index (κ3) is 4.00. The van der Waals surface area contributed by atoms with E-state index in [2.05, 4.69) is 5.16 Å². The molecule has 0 unspecified atom stereocenters. The highest BCUT2D eigenvalue weighted by Crippen LogP contribution is 2.33. The number of aromatic nitrogens is 1. The molecule has 3 heterocycles. The van der Waals surface area contributed by atoms with Gasteiger partial charge in [0.05, 0.1) is 37.1 Å². The molecule has 10 nitrogen and oxygen atoms in total. The Bertz CT molecular complexity index is 980. The molecule has 1 aromatic carbocycles. The summed E-state index contributed by atoms with van der Waals surface area (Å²) < 4.78 is 43.2. The number of ether oxygens (including phenoxy) is 2. The summed E-state index contributed by atoms with van der Waals surface area (Å²) in [6.07, 6.45) is 1.44. The lowest BCUT2D eigenvalue weighted by molar-refractivity contribution is 0.0704. The van der Waals surface area contributed by atoms with E-state index in [0.717, 1.165) is 0 Å². The van der Waals surface area contributed by atoms with E-state index in [-0.39, 0.29) is 16.6 Å². The third-order valence-corrected chi connectivity index (χ3v) is 7.21. The molecule has 11 heteroatoms. The van der Waals surface area contributed by atoms with E-state index in [1.165, 1.54) is 16.6 Å². The summed E-state index contributed by atoms with van der Waals surface area (Å²) in [7, 11) is -2.06. The van der Waals surface area contributed by atoms with E-state index < -0.39 is 10.0 Å². The number of hydrogen-bond donors (Lipinski definition) is 0. The van der Waals surface area contributed by atoms with E-state index in [1.807, 2.05) is 4.90 Å². The molecule has 2 aromatic rings. The van der Waals surface area contributed by atoms with Crippen LogP contribution < -0.4 is 9.64 Å². The van der Waals surface area contributed by atoms with E-state index in [4.69, 9.17) is 14.0 Å². The topological polar surface area (TPSA) is 105 Å². The molecule has 0 aliphatic carbocycles. The number of methoxy groups -OCH3 is 1. The largest absolute Gasteiger partial charge is 0.495 e. The molecule has 0 atom stereocenters. The van der Waals surface area contributed by atoms with Gasteiger partial charge in [0, 0.05) is 45.3 Å². The van der Waals surface area contributed by atoms with Crippen molar-refractivity contribution in [2.75, 3.05) is 64.5 Å². The molecule has 0 saturated carbocycles. The Labute approximate surface area is 175 Å². The molecule has 0 spiro atoms. The molecule has 2 aliphatic rings. The maximum Gasteiger partial charge on any atom is 0.292 e. The molecule has 162 valence electrons. The Balaban J connectivity index is 1.52. The highest BCUT2D eigenvalue weighted by Gasteiger charge is 2.29. The molecule has 2 aliphatic heterocycles. The first-order valence-corrected chi connectivity index (χ1v) is 11.2. The van der Waals surface area contributed by atoms with Crippen LogP contribution in [0, 0.1) is 0 Å². The van der Waals surface area contributed by atoms with Crippen LogP contribution in [-0.4, -0.2) is 88.3 Å². The van der Waals surface area contributed by atoms with Crippen molar-refractivity contribution in [2.45, 2.75) is 4.90 Å². The first-order chi connectivity index (χ1) is 14.5. The van der Waals surface area contributed by atoms with Crippen LogP contribution in [0.3, 0.4) is 0 Å². The fourth-order valence-corrected chi connectivity index (χ4v) is 5.07. The Kier molecular flexibility index (Phi) is 5.93. The number of benzene rings is 1. The van der Waals surface area contributed by atoms with E-state index >= 15 is 0 Å². The highest BCUT2D eigenvalue weighted by atomic mass is 32.2. The summed E-state index contributed by atoms with van der Waals surface area (Å²) in [6.45, 7) is 3.49. The maximum absolute atomic E-state index is 13.0. The average molecular weight is 436 g/mol. The normalized spacial score (nSPS) is 18.4. The van der Waals surface area contributed by atoms with Crippen molar-refractivity contribution in [3.63, 3.8) is 0 Å². The second kappa shape index (κ2) is 8.62. The summed E-state index contributed by atoms with van der Waals surface area (Å²) in [5.41, 5.74) is 0.693. The predicted octanol–water partition coefficient (Wildman–Crippen LogP) is 0.667. The zero-order valence-electron chi connectivity index (χ0n) is 16.7. The van der Waals surface area contributed by atoms with Gasteiger partial charge in [0.15, 0.2) is 0 Å². The van der Waals surface area contributed by atoms with Crippen molar-refractivity contribution in [3.05, 3.63) is 36.2 Å². The lowest BCUT2D eigenvalue weighted by atomic mass is 10.2. The van der Waals surface area contributed by atoms with Crippen LogP contribution in [0.4, 0.5) is 5.69 Å². The molecular weight excluding hydrogens is 412 g/mol. The van der Waals surface area contributed by atoms with Gasteiger partial charge in [-0.15, -0.1) is 0 Å². The first-order valence-electron chi connectivity index (χ1n) is 9.71. The second-order valence-corrected chi connectivity index (χ2v) is 8.94. The highest BCUT2D eigenvalue weighted by molar-refractivity contribution is 7.89. The van der Waals surface area contributed by atoms with E-state index in [1.54, 1.807) is 30.2 Å². The molecule has 0 radical (unpaired) electrons. The summed E-state index contributed by atoms with van der Waals surface area (Å²) in [4.78, 5) is 16.4. The molecule has 4 rings (SSSR count). The Hall–Kier alpha value is -2.63. The fraction of sp³-hybridized carbons (Fsp3) is 0.474. The minimum Gasteiger partial charge on any atom is -0.495 e. The smallest absolute Gasteiger partial charge is 0.292 e. The number of hydrogen-bond acceptors (Lipinski definition) is 8. The van der Waals surface area contributed by atoms with Gasteiger partial charge < -0.3 is 23.8 Å². The Morgan fingerprint density at radius 1 is 1.07 bits per heavy atom. The summed E-state index contributed by atoms with van der Waals surface area (Å²) in [5, 5.41) is 3.58. The lowest BCUT2D eigenvalue weighted by Gasteiger charge is -2.36. The number of nitrogens with zero attached hydrogens (tertiary/aromatic N) is 4. The average Bonchev–Trinajstić information content (AvgIpc) is 3.34. The van der Waals surface area contributed by atoms with E-state index in [0.29, 0.717) is 63.9 Å². The van der Waals surface area contributed by atoms with Gasteiger partial charge in [0.1, 0.15) is 5.75 Å². The van der Waals surface area contributed by atoms with Gasteiger partial charge in [-0.3, -0.25) is 4.79 Å². The molecule has 0 bridgehead atoms.